The molecule has 1 atom stereocenters. The van der Waals surface area contributed by atoms with Crippen LogP contribution in [0.25, 0.3) is 11.1 Å². The molecule has 0 saturated carbocycles. The molecule has 0 spiro atoms. The topological polar surface area (TPSA) is 75.2 Å². The van der Waals surface area contributed by atoms with Crippen LogP contribution in [0.4, 0.5) is 0 Å². The van der Waals surface area contributed by atoms with Gasteiger partial charge in [-0.05, 0) is 48.6 Å². The number of carbonyl (C=O) groups is 2. The zero-order valence-electron chi connectivity index (χ0n) is 18.6. The number of carbonyl (C=O) groups excluding carboxylic acids is 2. The number of rotatable bonds is 7. The largest absolute Gasteiger partial charge is 0.352 e. The van der Waals surface area contributed by atoms with Crippen LogP contribution in [0.15, 0.2) is 85.8 Å². The molecule has 1 aliphatic rings. The maximum absolute atomic E-state index is 13.5. The number of nitrogens with zero attached hydrogens (tertiary/aromatic N) is 3. The molecule has 0 bridgehead atoms. The Kier molecular flexibility index (Phi) is 6.93. The second kappa shape index (κ2) is 10.2. The second-order valence-electron chi connectivity index (χ2n) is 8.40. The van der Waals surface area contributed by atoms with E-state index in [1.165, 1.54) is 0 Å². The third-order valence-corrected chi connectivity index (χ3v) is 6.16. The minimum atomic E-state index is -0.746. The van der Waals surface area contributed by atoms with Crippen molar-refractivity contribution < 1.29 is 9.59 Å². The molecule has 1 saturated heterocycles. The lowest BCUT2D eigenvalue weighted by molar-refractivity contribution is -0.133. The maximum atomic E-state index is 13.5. The SMILES string of the molecule is C=CCNC(=O)[C@]1(Cc2ccccc2-c2cccnc2)CCCN(C(=O)c2ccccn2)C1. The van der Waals surface area contributed by atoms with Crippen LogP contribution in [-0.4, -0.2) is 46.3 Å². The van der Waals surface area contributed by atoms with Crippen LogP contribution in [0.5, 0.6) is 0 Å². The molecule has 6 nitrogen and oxygen atoms in total. The van der Waals surface area contributed by atoms with Gasteiger partial charge in [-0.15, -0.1) is 6.58 Å². The first-order chi connectivity index (χ1) is 16.1. The Morgan fingerprint density at radius 2 is 1.94 bits per heavy atom. The Morgan fingerprint density at radius 3 is 2.70 bits per heavy atom. The number of hydrogen-bond acceptors (Lipinski definition) is 4. The normalized spacial score (nSPS) is 17.9. The molecule has 1 N–H and O–H groups in total. The van der Waals surface area contributed by atoms with E-state index in [9.17, 15) is 9.59 Å². The van der Waals surface area contributed by atoms with E-state index in [1.54, 1.807) is 41.6 Å². The molecule has 3 heterocycles. The van der Waals surface area contributed by atoms with Crippen LogP contribution >= 0.6 is 0 Å². The molecule has 1 aliphatic heterocycles. The van der Waals surface area contributed by atoms with E-state index in [2.05, 4.69) is 34.0 Å². The number of piperidine rings is 1. The number of nitrogens with one attached hydrogen (secondary N) is 1. The summed E-state index contributed by atoms with van der Waals surface area (Å²) < 4.78 is 0. The minimum Gasteiger partial charge on any atom is -0.352 e. The monoisotopic (exact) mass is 440 g/mol. The third-order valence-electron chi connectivity index (χ3n) is 6.16. The van der Waals surface area contributed by atoms with E-state index in [-0.39, 0.29) is 11.8 Å². The molecular weight excluding hydrogens is 412 g/mol. The molecule has 33 heavy (non-hydrogen) atoms. The van der Waals surface area contributed by atoms with Crippen molar-refractivity contribution in [2.75, 3.05) is 19.6 Å². The van der Waals surface area contributed by atoms with E-state index >= 15 is 0 Å². The summed E-state index contributed by atoms with van der Waals surface area (Å²) in [6.45, 7) is 5.06. The van der Waals surface area contributed by atoms with Crippen molar-refractivity contribution >= 4 is 11.8 Å². The average Bonchev–Trinajstić information content (AvgIpc) is 2.88. The zero-order valence-corrected chi connectivity index (χ0v) is 18.6. The Hall–Kier alpha value is -3.80. The Labute approximate surface area is 194 Å². The molecule has 168 valence electrons. The Morgan fingerprint density at radius 1 is 1.09 bits per heavy atom. The van der Waals surface area contributed by atoms with E-state index in [0.29, 0.717) is 38.2 Å². The summed E-state index contributed by atoms with van der Waals surface area (Å²) in [6, 6.07) is 17.3. The standard InChI is InChI=1S/C27H28N4O2/c1-2-14-30-26(33)27(13-8-17-31(20-27)25(32)24-12-5-6-16-29-24)18-21-9-3-4-11-23(21)22-10-7-15-28-19-22/h2-7,9-12,15-16,19H,1,8,13-14,17-18,20H2,(H,30,33)/t27-/m0/s1. The van der Waals surface area contributed by atoms with E-state index in [1.807, 2.05) is 30.5 Å². The van der Waals surface area contributed by atoms with Gasteiger partial charge >= 0.3 is 0 Å². The van der Waals surface area contributed by atoms with Gasteiger partial charge in [0.15, 0.2) is 0 Å². The van der Waals surface area contributed by atoms with E-state index < -0.39 is 5.41 Å². The first-order valence-corrected chi connectivity index (χ1v) is 11.2. The third kappa shape index (κ3) is 5.00. The summed E-state index contributed by atoms with van der Waals surface area (Å²) in [6.07, 6.45) is 8.84. The fraction of sp³-hybridized carbons (Fsp3) is 0.259. The molecule has 3 aromatic rings. The summed E-state index contributed by atoms with van der Waals surface area (Å²) in [5, 5.41) is 3.00. The smallest absolute Gasteiger partial charge is 0.272 e. The highest BCUT2D eigenvalue weighted by Gasteiger charge is 2.44. The van der Waals surface area contributed by atoms with Crippen LogP contribution < -0.4 is 5.32 Å². The first kappa shape index (κ1) is 22.4. The molecule has 0 radical (unpaired) electrons. The summed E-state index contributed by atoms with van der Waals surface area (Å²) in [7, 11) is 0. The van der Waals surface area contributed by atoms with Crippen LogP contribution in [0.1, 0.15) is 28.9 Å². The van der Waals surface area contributed by atoms with Crippen molar-refractivity contribution in [3.05, 3.63) is 97.1 Å². The first-order valence-electron chi connectivity index (χ1n) is 11.2. The highest BCUT2D eigenvalue weighted by Crippen LogP contribution is 2.37. The highest BCUT2D eigenvalue weighted by molar-refractivity contribution is 5.93. The van der Waals surface area contributed by atoms with Crippen LogP contribution in [-0.2, 0) is 11.2 Å². The van der Waals surface area contributed by atoms with Gasteiger partial charge in [-0.1, -0.05) is 42.5 Å². The number of benzene rings is 1. The number of hydrogen-bond donors (Lipinski definition) is 1. The predicted octanol–water partition coefficient (Wildman–Crippen LogP) is 3.91. The molecule has 0 aliphatic carbocycles. The molecule has 1 fully saturated rings. The minimum absolute atomic E-state index is 0.0538. The average molecular weight is 441 g/mol. The molecule has 4 rings (SSSR count). The van der Waals surface area contributed by atoms with Crippen molar-refractivity contribution in [3.8, 4) is 11.1 Å². The van der Waals surface area contributed by atoms with Crippen molar-refractivity contribution in [2.24, 2.45) is 5.41 Å². The van der Waals surface area contributed by atoms with Crippen molar-refractivity contribution in [1.29, 1.82) is 0 Å². The second-order valence-corrected chi connectivity index (χ2v) is 8.40. The molecular formula is C27H28N4O2. The Bertz CT molecular complexity index is 1120. The van der Waals surface area contributed by atoms with Gasteiger partial charge in [0.05, 0.1) is 5.41 Å². The lowest BCUT2D eigenvalue weighted by Gasteiger charge is -2.42. The molecule has 0 unspecified atom stereocenters. The lowest BCUT2D eigenvalue weighted by atomic mass is 9.73. The highest BCUT2D eigenvalue weighted by atomic mass is 16.2. The molecule has 2 amide bonds. The van der Waals surface area contributed by atoms with E-state index in [0.717, 1.165) is 23.1 Å². The molecule has 6 heteroatoms. The fourth-order valence-corrected chi connectivity index (χ4v) is 4.56. The fourth-order valence-electron chi connectivity index (χ4n) is 4.56. The summed E-state index contributed by atoms with van der Waals surface area (Å²) in [4.78, 5) is 36.9. The van der Waals surface area contributed by atoms with Gasteiger partial charge < -0.3 is 10.2 Å². The van der Waals surface area contributed by atoms with Gasteiger partial charge in [0.25, 0.3) is 5.91 Å². The molecule has 2 aromatic heterocycles. The van der Waals surface area contributed by atoms with Gasteiger partial charge in [-0.3, -0.25) is 19.6 Å². The van der Waals surface area contributed by atoms with E-state index in [4.69, 9.17) is 0 Å². The van der Waals surface area contributed by atoms with Crippen LogP contribution in [0.2, 0.25) is 0 Å². The lowest BCUT2D eigenvalue weighted by Crippen LogP contribution is -2.54. The van der Waals surface area contributed by atoms with Gasteiger partial charge in [-0.25, -0.2) is 0 Å². The van der Waals surface area contributed by atoms with Gasteiger partial charge in [0.1, 0.15) is 5.69 Å². The predicted molar refractivity (Wildman–Crippen MR) is 128 cm³/mol. The molecule has 1 aromatic carbocycles. The maximum Gasteiger partial charge on any atom is 0.272 e. The number of pyridine rings is 2. The van der Waals surface area contributed by atoms with Crippen molar-refractivity contribution in [2.45, 2.75) is 19.3 Å². The summed E-state index contributed by atoms with van der Waals surface area (Å²) in [5.74, 6) is -0.196. The van der Waals surface area contributed by atoms with Gasteiger partial charge in [0.2, 0.25) is 5.91 Å². The summed E-state index contributed by atoms with van der Waals surface area (Å²) in [5.41, 5.74) is 2.77. The van der Waals surface area contributed by atoms with Crippen LogP contribution in [0.3, 0.4) is 0 Å². The van der Waals surface area contributed by atoms with Gasteiger partial charge in [0, 0.05) is 43.8 Å². The Balaban J connectivity index is 1.68. The number of aromatic nitrogens is 2. The van der Waals surface area contributed by atoms with Crippen molar-refractivity contribution in [1.82, 2.24) is 20.2 Å². The number of likely N-dealkylation sites (tertiary alicyclic amines) is 1. The zero-order chi connectivity index (χ0) is 23.1. The number of amides is 2. The quantitative estimate of drug-likeness (QED) is 0.565. The van der Waals surface area contributed by atoms with Crippen molar-refractivity contribution in [3.63, 3.8) is 0 Å². The summed E-state index contributed by atoms with van der Waals surface area (Å²) >= 11 is 0. The van der Waals surface area contributed by atoms with Gasteiger partial charge in [-0.2, -0.15) is 0 Å². The van der Waals surface area contributed by atoms with Crippen LogP contribution in [0, 0.1) is 5.41 Å².